The van der Waals surface area contributed by atoms with E-state index in [0.29, 0.717) is 18.0 Å². The van der Waals surface area contributed by atoms with Gasteiger partial charge in [0.1, 0.15) is 5.82 Å². The Balaban J connectivity index is 1.56. The highest BCUT2D eigenvalue weighted by Crippen LogP contribution is 2.16. The van der Waals surface area contributed by atoms with Crippen molar-refractivity contribution in [1.82, 2.24) is 19.2 Å². The van der Waals surface area contributed by atoms with Gasteiger partial charge < -0.3 is 4.57 Å². The number of imidazole rings is 1. The molecule has 1 N–H and O–H groups in total. The molecule has 6 nitrogen and oxygen atoms in total. The van der Waals surface area contributed by atoms with E-state index in [1.807, 2.05) is 6.92 Å². The summed E-state index contributed by atoms with van der Waals surface area (Å²) >= 11 is 0. The average molecular weight is 334 g/mol. The Morgan fingerprint density at radius 2 is 1.91 bits per heavy atom. The van der Waals surface area contributed by atoms with E-state index in [1.165, 1.54) is 5.69 Å². The maximum atomic E-state index is 12.2. The molecule has 0 saturated heterocycles. The second kappa shape index (κ2) is 6.43. The molecule has 1 aliphatic rings. The molecule has 7 heteroatoms. The molecule has 0 aliphatic carbocycles. The minimum absolute atomic E-state index is 0.306. The summed E-state index contributed by atoms with van der Waals surface area (Å²) in [6.45, 7) is 7.78. The van der Waals surface area contributed by atoms with Crippen LogP contribution < -0.4 is 4.72 Å². The van der Waals surface area contributed by atoms with Gasteiger partial charge in [0.15, 0.2) is 0 Å². The monoisotopic (exact) mass is 334 g/mol. The number of hydrogen-bond acceptors (Lipinski definition) is 4. The zero-order chi connectivity index (χ0) is 16.4. The fourth-order valence-corrected chi connectivity index (χ4v) is 3.92. The van der Waals surface area contributed by atoms with E-state index >= 15 is 0 Å². The van der Waals surface area contributed by atoms with Gasteiger partial charge in [-0.05, 0) is 26.0 Å². The Kier molecular flexibility index (Phi) is 4.52. The van der Waals surface area contributed by atoms with Crippen molar-refractivity contribution in [2.45, 2.75) is 31.8 Å². The first kappa shape index (κ1) is 16.2. The molecular weight excluding hydrogens is 312 g/mol. The van der Waals surface area contributed by atoms with Crippen LogP contribution in [0.4, 0.5) is 0 Å². The van der Waals surface area contributed by atoms with Crippen LogP contribution in [0.15, 0.2) is 35.2 Å². The number of aromatic nitrogens is 2. The Morgan fingerprint density at radius 1 is 1.17 bits per heavy atom. The molecule has 23 heavy (non-hydrogen) atoms. The first-order valence-electron chi connectivity index (χ1n) is 7.77. The Hall–Kier alpha value is -1.70. The molecule has 0 amide bonds. The number of nitrogens with one attached hydrogen (secondary N) is 1. The maximum absolute atomic E-state index is 12.2. The lowest BCUT2D eigenvalue weighted by molar-refractivity contribution is 0.220. The van der Waals surface area contributed by atoms with Gasteiger partial charge >= 0.3 is 0 Å². The van der Waals surface area contributed by atoms with E-state index in [2.05, 4.69) is 26.1 Å². The van der Waals surface area contributed by atoms with Crippen molar-refractivity contribution in [3.63, 3.8) is 0 Å². The van der Waals surface area contributed by atoms with Crippen molar-refractivity contribution in [2.24, 2.45) is 0 Å². The quantitative estimate of drug-likeness (QED) is 0.895. The van der Waals surface area contributed by atoms with Gasteiger partial charge in [-0.1, -0.05) is 18.2 Å². The molecule has 124 valence electrons. The van der Waals surface area contributed by atoms with Crippen LogP contribution in [0, 0.1) is 13.8 Å². The largest absolute Gasteiger partial charge is 0.330 e. The van der Waals surface area contributed by atoms with Crippen molar-refractivity contribution in [2.75, 3.05) is 19.6 Å². The summed E-state index contributed by atoms with van der Waals surface area (Å²) in [5.74, 6) is 1.07. The minimum Gasteiger partial charge on any atom is -0.330 e. The molecule has 1 aromatic carbocycles. The topological polar surface area (TPSA) is 67.2 Å². The molecule has 0 unspecified atom stereocenters. The molecule has 0 saturated carbocycles. The predicted molar refractivity (Wildman–Crippen MR) is 88.6 cm³/mol. The van der Waals surface area contributed by atoms with Gasteiger partial charge in [0, 0.05) is 31.9 Å². The lowest BCUT2D eigenvalue weighted by Gasteiger charge is -2.28. The van der Waals surface area contributed by atoms with E-state index < -0.39 is 10.0 Å². The first-order chi connectivity index (χ1) is 11.0. The van der Waals surface area contributed by atoms with Crippen LogP contribution in [0.1, 0.15) is 17.2 Å². The summed E-state index contributed by atoms with van der Waals surface area (Å²) in [6.07, 6.45) is 0. The summed E-state index contributed by atoms with van der Waals surface area (Å²) < 4.78 is 29.3. The summed E-state index contributed by atoms with van der Waals surface area (Å²) in [5, 5.41) is 0. The number of benzene rings is 1. The highest BCUT2D eigenvalue weighted by molar-refractivity contribution is 7.89. The van der Waals surface area contributed by atoms with Crippen LogP contribution in [0.3, 0.4) is 0 Å². The Bertz CT molecular complexity index is 784. The molecule has 0 atom stereocenters. The molecule has 0 bridgehead atoms. The van der Waals surface area contributed by atoms with E-state index in [0.717, 1.165) is 31.2 Å². The summed E-state index contributed by atoms with van der Waals surface area (Å²) in [6, 6.07) is 8.46. The number of aryl methyl sites for hydroxylation is 1. The zero-order valence-corrected chi connectivity index (χ0v) is 14.3. The number of hydrogen-bond donors (Lipinski definition) is 1. The molecular formula is C16H22N4O2S. The maximum Gasteiger partial charge on any atom is 0.240 e. The molecule has 2 aromatic rings. The number of fused-ring (bicyclic) bond motifs is 1. The molecule has 1 aliphatic heterocycles. The van der Waals surface area contributed by atoms with E-state index in [1.54, 1.807) is 30.3 Å². The van der Waals surface area contributed by atoms with Crippen LogP contribution in [0.2, 0.25) is 0 Å². The average Bonchev–Trinajstić information content (AvgIpc) is 2.82. The van der Waals surface area contributed by atoms with E-state index in [4.69, 9.17) is 0 Å². The summed E-state index contributed by atoms with van der Waals surface area (Å²) in [5.41, 5.74) is 2.30. The van der Waals surface area contributed by atoms with Crippen LogP contribution in [-0.4, -0.2) is 42.5 Å². The SMILES string of the molecule is Cc1nc2n(c1C)CCN(CCNS(=O)(=O)c1ccccc1)C2. The lowest BCUT2D eigenvalue weighted by atomic mass is 10.3. The van der Waals surface area contributed by atoms with E-state index in [-0.39, 0.29) is 0 Å². The normalized spacial score (nSPS) is 15.6. The van der Waals surface area contributed by atoms with Gasteiger partial charge in [0.05, 0.1) is 17.1 Å². The third kappa shape index (κ3) is 3.46. The van der Waals surface area contributed by atoms with Crippen molar-refractivity contribution >= 4 is 10.0 Å². The van der Waals surface area contributed by atoms with Gasteiger partial charge in [-0.3, -0.25) is 4.90 Å². The zero-order valence-electron chi connectivity index (χ0n) is 13.5. The summed E-state index contributed by atoms with van der Waals surface area (Å²) in [4.78, 5) is 7.12. The highest BCUT2D eigenvalue weighted by atomic mass is 32.2. The smallest absolute Gasteiger partial charge is 0.240 e. The summed E-state index contributed by atoms with van der Waals surface area (Å²) in [7, 11) is -3.42. The second-order valence-electron chi connectivity index (χ2n) is 5.84. The van der Waals surface area contributed by atoms with Gasteiger partial charge in [0.25, 0.3) is 0 Å². The predicted octanol–water partition coefficient (Wildman–Crippen LogP) is 1.29. The lowest BCUT2D eigenvalue weighted by Crippen LogP contribution is -2.39. The van der Waals surface area contributed by atoms with Crippen LogP contribution in [-0.2, 0) is 23.1 Å². The van der Waals surface area contributed by atoms with Crippen LogP contribution in [0.25, 0.3) is 0 Å². The first-order valence-corrected chi connectivity index (χ1v) is 9.25. The molecule has 0 radical (unpaired) electrons. The van der Waals surface area contributed by atoms with Crippen molar-refractivity contribution in [3.05, 3.63) is 47.5 Å². The number of sulfonamides is 1. The van der Waals surface area contributed by atoms with Gasteiger partial charge in [0.2, 0.25) is 10.0 Å². The molecule has 1 aromatic heterocycles. The standard InChI is InChI=1S/C16H22N4O2S/c1-13-14(2)20-11-10-19(12-16(20)18-13)9-8-17-23(21,22)15-6-4-3-5-7-15/h3-7,17H,8-12H2,1-2H3. The van der Waals surface area contributed by atoms with E-state index in [9.17, 15) is 8.42 Å². The minimum atomic E-state index is -3.42. The number of nitrogens with zero attached hydrogens (tertiary/aromatic N) is 3. The third-order valence-electron chi connectivity index (χ3n) is 4.32. The van der Waals surface area contributed by atoms with Gasteiger partial charge in [-0.25, -0.2) is 18.1 Å². The molecule has 3 rings (SSSR count). The molecule has 2 heterocycles. The molecule has 0 fully saturated rings. The van der Waals surface area contributed by atoms with Gasteiger partial charge in [-0.2, -0.15) is 0 Å². The third-order valence-corrected chi connectivity index (χ3v) is 5.79. The Labute approximate surface area is 137 Å². The fourth-order valence-electron chi connectivity index (χ4n) is 2.87. The second-order valence-corrected chi connectivity index (χ2v) is 7.60. The Morgan fingerprint density at radius 3 is 2.65 bits per heavy atom. The van der Waals surface area contributed by atoms with Crippen molar-refractivity contribution in [3.8, 4) is 0 Å². The molecule has 0 spiro atoms. The van der Waals surface area contributed by atoms with Gasteiger partial charge in [-0.15, -0.1) is 0 Å². The van der Waals surface area contributed by atoms with Crippen molar-refractivity contribution in [1.29, 1.82) is 0 Å². The van der Waals surface area contributed by atoms with Crippen molar-refractivity contribution < 1.29 is 8.42 Å². The number of rotatable bonds is 5. The fraction of sp³-hybridized carbons (Fsp3) is 0.438. The highest BCUT2D eigenvalue weighted by Gasteiger charge is 2.20. The van der Waals surface area contributed by atoms with Crippen LogP contribution >= 0.6 is 0 Å². The van der Waals surface area contributed by atoms with Crippen LogP contribution in [0.5, 0.6) is 0 Å².